The molecule has 0 unspecified atom stereocenters. The molecule has 56 valence electrons. The van der Waals surface area contributed by atoms with Crippen LogP contribution in [0.25, 0.3) is 0 Å². The maximum Gasteiger partial charge on any atom is 0.389 e. The minimum atomic E-state index is -4.76. The molecular weight excluding hydrogens is 252 g/mol. The van der Waals surface area contributed by atoms with Gasteiger partial charge < -0.3 is 0 Å². The van der Waals surface area contributed by atoms with E-state index >= 15 is 0 Å². The molecule has 0 atom stereocenters. The van der Waals surface area contributed by atoms with E-state index in [1.54, 1.807) is 0 Å². The van der Waals surface area contributed by atoms with Crippen molar-refractivity contribution >= 4 is 57.5 Å². The Balaban J connectivity index is 4.53. The third-order valence-corrected chi connectivity index (χ3v) is 4.33. The fraction of sp³-hybridized carbons (Fsp3) is 0. The van der Waals surface area contributed by atoms with Crippen molar-refractivity contribution in [2.24, 2.45) is 4.52 Å². The van der Waals surface area contributed by atoms with Crippen LogP contribution in [0, 0.1) is 0 Å². The van der Waals surface area contributed by atoms with Crippen molar-refractivity contribution in [3.05, 3.63) is 0 Å². The van der Waals surface area contributed by atoms with Gasteiger partial charge in [-0.05, 0) is 45.5 Å². The molecular formula is Cl3F2NP2S. The summed E-state index contributed by atoms with van der Waals surface area (Å²) in [5.41, 5.74) is 0. The summed E-state index contributed by atoms with van der Waals surface area (Å²) in [4.78, 5) is -3.22. The van der Waals surface area contributed by atoms with Crippen LogP contribution in [-0.2, 0) is 11.8 Å². The molecule has 0 radical (unpaired) electrons. The Bertz CT molecular complexity index is 182. The van der Waals surface area contributed by atoms with Gasteiger partial charge in [-0.3, -0.25) is 0 Å². The first kappa shape index (κ1) is 10.6. The molecule has 0 heterocycles. The Kier molecular flexibility index (Phi) is 3.93. The highest BCUT2D eigenvalue weighted by Gasteiger charge is 2.17. The number of halogens is 5. The van der Waals surface area contributed by atoms with Gasteiger partial charge in [-0.2, -0.15) is 12.9 Å². The van der Waals surface area contributed by atoms with Gasteiger partial charge in [0.1, 0.15) is 0 Å². The zero-order valence-corrected chi connectivity index (χ0v) is 8.51. The summed E-state index contributed by atoms with van der Waals surface area (Å²) < 4.78 is 26.0. The van der Waals surface area contributed by atoms with Crippen LogP contribution in [0.1, 0.15) is 0 Å². The topological polar surface area (TPSA) is 12.4 Å². The molecule has 9 heavy (non-hydrogen) atoms. The van der Waals surface area contributed by atoms with E-state index in [2.05, 4.69) is 27.6 Å². The highest BCUT2D eigenvalue weighted by Crippen LogP contribution is 2.71. The molecule has 0 N–H and O–H groups in total. The van der Waals surface area contributed by atoms with Crippen molar-refractivity contribution in [1.29, 1.82) is 0 Å². The van der Waals surface area contributed by atoms with E-state index in [1.807, 2.05) is 0 Å². The summed E-state index contributed by atoms with van der Waals surface area (Å²) in [6.45, 7) is 0. The second-order valence-corrected chi connectivity index (χ2v) is 10.8. The van der Waals surface area contributed by atoms with Crippen LogP contribution in [0.3, 0.4) is 0 Å². The van der Waals surface area contributed by atoms with Crippen LogP contribution in [-0.4, -0.2) is 0 Å². The molecule has 0 amide bonds. The molecule has 0 rings (SSSR count). The van der Waals surface area contributed by atoms with Gasteiger partial charge >= 0.3 is 7.03 Å². The van der Waals surface area contributed by atoms with E-state index in [9.17, 15) is 8.39 Å². The van der Waals surface area contributed by atoms with Crippen molar-refractivity contribution in [2.75, 3.05) is 0 Å². The summed E-state index contributed by atoms with van der Waals surface area (Å²) in [5.74, 6) is 0. The average Bonchev–Trinajstić information content (AvgIpc) is 1.14. The van der Waals surface area contributed by atoms with E-state index < -0.39 is 11.9 Å². The van der Waals surface area contributed by atoms with E-state index in [4.69, 9.17) is 22.5 Å². The first-order valence-corrected chi connectivity index (χ1v) is 8.42. The van der Waals surface area contributed by atoms with Gasteiger partial charge in [0.15, 0.2) is 0 Å². The highest BCUT2D eigenvalue weighted by molar-refractivity contribution is 8.39. The standard InChI is InChI=1S/Cl3F2NP2S/c1-7(2,9)6-8(3,4)5. The second kappa shape index (κ2) is 3.34. The lowest BCUT2D eigenvalue weighted by molar-refractivity contribution is 0.755. The molecule has 0 spiro atoms. The van der Waals surface area contributed by atoms with Crippen LogP contribution >= 0.6 is 45.6 Å². The lowest BCUT2D eigenvalue weighted by Crippen LogP contribution is -1.44. The number of rotatable bonds is 1. The molecule has 0 aliphatic carbocycles. The molecule has 0 saturated heterocycles. The molecule has 0 aromatic rings. The van der Waals surface area contributed by atoms with Crippen LogP contribution in [0.5, 0.6) is 0 Å². The Morgan fingerprint density at radius 1 is 1.22 bits per heavy atom. The Hall–Kier alpha value is 1.61. The van der Waals surface area contributed by atoms with Gasteiger partial charge in [0, 0.05) is 0 Å². The third kappa shape index (κ3) is 9.61. The van der Waals surface area contributed by atoms with Gasteiger partial charge in [0.25, 0.3) is 0 Å². The molecule has 0 aliphatic rings. The first-order valence-electron chi connectivity index (χ1n) is 1.43. The minimum Gasteiger partial charge on any atom is -0.169 e. The molecule has 1 nitrogen and oxygen atoms in total. The Morgan fingerprint density at radius 3 is 1.56 bits per heavy atom. The average molecular weight is 252 g/mol. The van der Waals surface area contributed by atoms with Crippen LogP contribution in [0.2, 0.25) is 0 Å². The van der Waals surface area contributed by atoms with Crippen LogP contribution in [0.15, 0.2) is 4.52 Å². The van der Waals surface area contributed by atoms with Crippen molar-refractivity contribution < 1.29 is 8.39 Å². The predicted molar refractivity (Wildman–Crippen MR) is 43.4 cm³/mol. The van der Waals surface area contributed by atoms with Gasteiger partial charge in [0.05, 0.1) is 0 Å². The zero-order chi connectivity index (χ0) is 7.71. The molecule has 0 aliphatic heterocycles. The third-order valence-electron chi connectivity index (χ3n) is 0.206. The summed E-state index contributed by atoms with van der Waals surface area (Å²) in [5, 5.41) is 0. The first-order chi connectivity index (χ1) is 3.71. The SMILES string of the molecule is FP(F)(Cl)=NP(=S)(Cl)Cl. The number of hydrogen-bond acceptors (Lipinski definition) is 1. The smallest absolute Gasteiger partial charge is 0.169 e. The maximum atomic E-state index is 11.7. The summed E-state index contributed by atoms with van der Waals surface area (Å²) >= 11 is 18.6. The molecule has 0 fully saturated rings. The lowest BCUT2D eigenvalue weighted by Gasteiger charge is -1.96. The van der Waals surface area contributed by atoms with Crippen LogP contribution < -0.4 is 0 Å². The summed E-state index contributed by atoms with van der Waals surface area (Å²) in [6.07, 6.45) is 0. The zero-order valence-electron chi connectivity index (χ0n) is 3.64. The molecule has 0 aromatic heterocycles. The molecule has 0 saturated carbocycles. The van der Waals surface area contributed by atoms with E-state index in [-0.39, 0.29) is 0 Å². The maximum absolute atomic E-state index is 11.7. The van der Waals surface area contributed by atoms with Crippen LogP contribution in [0.4, 0.5) is 8.39 Å². The van der Waals surface area contributed by atoms with E-state index in [0.717, 1.165) is 0 Å². The molecule has 0 aromatic carbocycles. The van der Waals surface area contributed by atoms with Gasteiger partial charge in [-0.15, -0.1) is 0 Å². The van der Waals surface area contributed by atoms with E-state index in [0.29, 0.717) is 0 Å². The van der Waals surface area contributed by atoms with Gasteiger partial charge in [-0.25, -0.2) is 0 Å². The lowest BCUT2D eigenvalue weighted by atomic mass is 13.9. The monoisotopic (exact) mass is 251 g/mol. The predicted octanol–water partition coefficient (Wildman–Crippen LogP) is 4.81. The van der Waals surface area contributed by atoms with E-state index in [1.165, 1.54) is 0 Å². The second-order valence-electron chi connectivity index (χ2n) is 0.943. The molecule has 0 bridgehead atoms. The largest absolute Gasteiger partial charge is 0.389 e. The van der Waals surface area contributed by atoms with Crippen molar-refractivity contribution in [3.8, 4) is 0 Å². The van der Waals surface area contributed by atoms with Gasteiger partial charge in [0.2, 0.25) is 4.89 Å². The van der Waals surface area contributed by atoms with Gasteiger partial charge in [-0.1, -0.05) is 0 Å². The fourth-order valence-electron chi connectivity index (χ4n) is 0.118. The van der Waals surface area contributed by atoms with Crippen molar-refractivity contribution in [1.82, 2.24) is 0 Å². The van der Waals surface area contributed by atoms with Crippen molar-refractivity contribution in [2.45, 2.75) is 0 Å². The molecule has 9 heteroatoms. The number of nitrogens with zero attached hydrogens (tertiary/aromatic N) is 1. The Morgan fingerprint density at radius 2 is 1.56 bits per heavy atom. The fourth-order valence-corrected chi connectivity index (χ4v) is 5.31. The Labute approximate surface area is 70.4 Å². The summed E-state index contributed by atoms with van der Waals surface area (Å²) in [7, 11) is -4.76. The highest BCUT2D eigenvalue weighted by atomic mass is 35.9. The quantitative estimate of drug-likeness (QED) is 0.610. The van der Waals surface area contributed by atoms with Crippen molar-refractivity contribution in [3.63, 3.8) is 0 Å². The minimum absolute atomic E-state index is 2.54. The number of hydrogen-bond donors (Lipinski definition) is 0. The summed E-state index contributed by atoms with van der Waals surface area (Å²) in [6, 6.07) is 0. The normalized spacial score (nSPS) is 13.4.